The molecule has 0 fully saturated rings. The third-order valence-corrected chi connectivity index (χ3v) is 3.81. The van der Waals surface area contributed by atoms with Gasteiger partial charge in [-0.25, -0.2) is 17.8 Å². The maximum atomic E-state index is 13.7. The topological polar surface area (TPSA) is 122 Å². The molecule has 110 valence electrons. The summed E-state index contributed by atoms with van der Waals surface area (Å²) in [5.41, 5.74) is -0.577. The average Bonchev–Trinajstić information content (AvgIpc) is 2.40. The quantitative estimate of drug-likeness (QED) is 0.653. The predicted molar refractivity (Wildman–Crippen MR) is 69.8 cm³/mol. The summed E-state index contributed by atoms with van der Waals surface area (Å²) in [4.78, 5) is 12.4. The standard InChI is InChI=1S/C11H8FN3O5S/c12-8-6-7(15(17)18)3-4-10(8)21(19,20)14-11-9(16)2-1-5-13-11/h1-6,16H,(H,13,14). The Labute approximate surface area is 118 Å². The Morgan fingerprint density at radius 3 is 2.62 bits per heavy atom. The lowest BCUT2D eigenvalue weighted by Gasteiger charge is -2.08. The van der Waals surface area contributed by atoms with Gasteiger partial charge in [-0.1, -0.05) is 0 Å². The fourth-order valence-corrected chi connectivity index (χ4v) is 2.56. The van der Waals surface area contributed by atoms with E-state index in [-0.39, 0.29) is 5.82 Å². The number of aromatic hydroxyl groups is 1. The zero-order chi connectivity index (χ0) is 15.6. The van der Waals surface area contributed by atoms with Crippen LogP contribution in [0.5, 0.6) is 5.75 Å². The first-order chi connectivity index (χ1) is 9.81. The molecule has 1 heterocycles. The van der Waals surface area contributed by atoms with Crippen molar-refractivity contribution in [1.29, 1.82) is 0 Å². The molecule has 1 aromatic heterocycles. The van der Waals surface area contributed by atoms with Crippen LogP contribution < -0.4 is 4.72 Å². The molecule has 2 rings (SSSR count). The molecule has 0 spiro atoms. The predicted octanol–water partition coefficient (Wildman–Crippen LogP) is 1.64. The Bertz CT molecular complexity index is 809. The number of benzene rings is 1. The normalized spacial score (nSPS) is 11.1. The van der Waals surface area contributed by atoms with Crippen LogP contribution in [0.1, 0.15) is 0 Å². The van der Waals surface area contributed by atoms with Gasteiger partial charge in [0.05, 0.1) is 11.0 Å². The van der Waals surface area contributed by atoms with E-state index < -0.39 is 37.1 Å². The Morgan fingerprint density at radius 2 is 2.05 bits per heavy atom. The molecule has 0 amide bonds. The second kappa shape index (κ2) is 5.32. The van der Waals surface area contributed by atoms with E-state index in [1.165, 1.54) is 18.3 Å². The van der Waals surface area contributed by atoms with E-state index in [1.54, 1.807) is 0 Å². The number of halogens is 1. The number of hydrogen-bond donors (Lipinski definition) is 2. The van der Waals surface area contributed by atoms with E-state index >= 15 is 0 Å². The first kappa shape index (κ1) is 14.7. The number of pyridine rings is 1. The number of anilines is 1. The van der Waals surface area contributed by atoms with E-state index in [9.17, 15) is 28.0 Å². The van der Waals surface area contributed by atoms with Gasteiger partial charge in [-0.05, 0) is 18.2 Å². The lowest BCUT2D eigenvalue weighted by molar-refractivity contribution is -0.385. The first-order valence-corrected chi connectivity index (χ1v) is 6.90. The molecule has 8 nitrogen and oxygen atoms in total. The van der Waals surface area contributed by atoms with Gasteiger partial charge in [-0.15, -0.1) is 0 Å². The zero-order valence-corrected chi connectivity index (χ0v) is 11.0. The number of nitrogens with one attached hydrogen (secondary N) is 1. The molecule has 0 bridgehead atoms. The van der Waals surface area contributed by atoms with Gasteiger partial charge in [0.2, 0.25) is 0 Å². The molecule has 0 saturated carbocycles. The van der Waals surface area contributed by atoms with E-state index in [1.807, 2.05) is 4.72 Å². The van der Waals surface area contributed by atoms with Crippen LogP contribution in [0.2, 0.25) is 0 Å². The first-order valence-electron chi connectivity index (χ1n) is 5.42. The highest BCUT2D eigenvalue weighted by Gasteiger charge is 2.23. The minimum atomic E-state index is -4.38. The second-order valence-electron chi connectivity index (χ2n) is 3.85. The third-order valence-electron chi connectivity index (χ3n) is 2.43. The van der Waals surface area contributed by atoms with Crippen molar-refractivity contribution in [3.05, 3.63) is 52.5 Å². The van der Waals surface area contributed by atoms with Gasteiger partial charge in [0.25, 0.3) is 15.7 Å². The highest BCUT2D eigenvalue weighted by molar-refractivity contribution is 7.92. The molecule has 21 heavy (non-hydrogen) atoms. The summed E-state index contributed by atoms with van der Waals surface area (Å²) in [6, 6.07) is 4.68. The minimum Gasteiger partial charge on any atom is -0.504 e. The molecule has 0 unspecified atom stereocenters. The summed E-state index contributed by atoms with van der Waals surface area (Å²) >= 11 is 0. The van der Waals surface area contributed by atoms with Crippen molar-refractivity contribution in [2.75, 3.05) is 4.72 Å². The monoisotopic (exact) mass is 313 g/mol. The summed E-state index contributed by atoms with van der Waals surface area (Å²) in [5, 5.41) is 19.9. The third kappa shape index (κ3) is 3.05. The molecule has 2 aromatic rings. The number of rotatable bonds is 4. The lowest BCUT2D eigenvalue weighted by Crippen LogP contribution is -2.15. The van der Waals surface area contributed by atoms with Crippen LogP contribution in [0.15, 0.2) is 41.4 Å². The van der Waals surface area contributed by atoms with Crippen molar-refractivity contribution in [1.82, 2.24) is 4.98 Å². The number of nitro groups is 1. The van der Waals surface area contributed by atoms with E-state index in [2.05, 4.69) is 4.98 Å². The molecule has 2 N–H and O–H groups in total. The molecule has 10 heteroatoms. The maximum absolute atomic E-state index is 13.7. The summed E-state index contributed by atoms with van der Waals surface area (Å²) < 4.78 is 39.6. The van der Waals surface area contributed by atoms with Gasteiger partial charge in [-0.2, -0.15) is 0 Å². The molecule has 0 radical (unpaired) electrons. The highest BCUT2D eigenvalue weighted by atomic mass is 32.2. The Hall–Kier alpha value is -2.75. The molecule has 0 aliphatic rings. The zero-order valence-electron chi connectivity index (χ0n) is 10.2. The summed E-state index contributed by atoms with van der Waals surface area (Å²) in [6.07, 6.45) is 1.23. The molecule has 1 aromatic carbocycles. The summed E-state index contributed by atoms with van der Waals surface area (Å²) in [6.45, 7) is 0. The van der Waals surface area contributed by atoms with Crippen LogP contribution >= 0.6 is 0 Å². The van der Waals surface area contributed by atoms with Gasteiger partial charge < -0.3 is 5.11 Å². The van der Waals surface area contributed by atoms with Crippen LogP contribution in [0, 0.1) is 15.9 Å². The fourth-order valence-electron chi connectivity index (χ4n) is 1.48. The molecule has 0 atom stereocenters. The second-order valence-corrected chi connectivity index (χ2v) is 5.50. The number of nitrogens with zero attached hydrogens (tertiary/aromatic N) is 2. The number of non-ortho nitro benzene ring substituents is 1. The minimum absolute atomic E-state index is 0.379. The number of nitro benzene ring substituents is 1. The molecular weight excluding hydrogens is 305 g/mol. The van der Waals surface area contributed by atoms with Crippen LogP contribution in [0.4, 0.5) is 15.9 Å². The number of aromatic nitrogens is 1. The summed E-state index contributed by atoms with van der Waals surface area (Å²) in [7, 11) is -4.38. The van der Waals surface area contributed by atoms with Gasteiger partial charge in [0.1, 0.15) is 4.90 Å². The van der Waals surface area contributed by atoms with Crippen LogP contribution in [-0.2, 0) is 10.0 Å². The smallest absolute Gasteiger partial charge is 0.272 e. The van der Waals surface area contributed by atoms with Crippen LogP contribution in [-0.4, -0.2) is 23.4 Å². The fraction of sp³-hybridized carbons (Fsp3) is 0. The van der Waals surface area contributed by atoms with Crippen molar-refractivity contribution in [3.63, 3.8) is 0 Å². The van der Waals surface area contributed by atoms with Gasteiger partial charge in [0.15, 0.2) is 17.4 Å². The van der Waals surface area contributed by atoms with Crippen molar-refractivity contribution in [3.8, 4) is 5.75 Å². The largest absolute Gasteiger partial charge is 0.504 e. The van der Waals surface area contributed by atoms with Crippen molar-refractivity contribution in [2.24, 2.45) is 0 Å². The molecule has 0 saturated heterocycles. The van der Waals surface area contributed by atoms with E-state index in [0.717, 1.165) is 12.1 Å². The number of sulfonamides is 1. The van der Waals surface area contributed by atoms with E-state index in [4.69, 9.17) is 0 Å². The van der Waals surface area contributed by atoms with Gasteiger partial charge in [-0.3, -0.25) is 14.8 Å². The summed E-state index contributed by atoms with van der Waals surface area (Å²) in [5.74, 6) is -2.11. The van der Waals surface area contributed by atoms with Crippen LogP contribution in [0.25, 0.3) is 0 Å². The van der Waals surface area contributed by atoms with Crippen molar-refractivity contribution < 1.29 is 22.8 Å². The SMILES string of the molecule is O=[N+]([O-])c1ccc(S(=O)(=O)Nc2ncccc2O)c(F)c1. The van der Waals surface area contributed by atoms with Gasteiger partial charge in [0, 0.05) is 12.3 Å². The van der Waals surface area contributed by atoms with Crippen molar-refractivity contribution >= 4 is 21.5 Å². The van der Waals surface area contributed by atoms with Crippen molar-refractivity contribution in [2.45, 2.75) is 4.90 Å². The average molecular weight is 313 g/mol. The lowest BCUT2D eigenvalue weighted by atomic mass is 10.3. The Morgan fingerprint density at radius 1 is 1.33 bits per heavy atom. The highest BCUT2D eigenvalue weighted by Crippen LogP contribution is 2.25. The number of hydrogen-bond acceptors (Lipinski definition) is 6. The van der Waals surface area contributed by atoms with Gasteiger partial charge >= 0.3 is 0 Å². The maximum Gasteiger partial charge on any atom is 0.272 e. The Kier molecular flexibility index (Phi) is 3.72. The molecule has 0 aliphatic carbocycles. The molecule has 0 aliphatic heterocycles. The van der Waals surface area contributed by atoms with E-state index in [0.29, 0.717) is 6.07 Å². The Balaban J connectivity index is 2.41. The van der Waals surface area contributed by atoms with Crippen LogP contribution in [0.3, 0.4) is 0 Å². The molecular formula is C11H8FN3O5S.